The van der Waals surface area contributed by atoms with Gasteiger partial charge in [-0.2, -0.15) is 5.10 Å². The summed E-state index contributed by atoms with van der Waals surface area (Å²) in [6.45, 7) is 5.01. The van der Waals surface area contributed by atoms with Crippen molar-refractivity contribution in [2.24, 2.45) is 18.7 Å². The number of rotatable bonds is 5. The van der Waals surface area contributed by atoms with E-state index in [0.29, 0.717) is 23.8 Å². The zero-order chi connectivity index (χ0) is 13.0. The SMILES string of the molecule is CCN(CC(C)C(N)=S)C(=O)c1ccnn1C. The van der Waals surface area contributed by atoms with E-state index in [-0.39, 0.29) is 11.8 Å². The number of carbonyl (C=O) groups excluding carboxylic acids is 1. The number of aromatic nitrogens is 2. The first-order valence-electron chi connectivity index (χ1n) is 5.54. The van der Waals surface area contributed by atoms with Crippen LogP contribution in [0.5, 0.6) is 0 Å². The Hall–Kier alpha value is -1.43. The van der Waals surface area contributed by atoms with Crippen LogP contribution in [-0.4, -0.2) is 38.7 Å². The van der Waals surface area contributed by atoms with Crippen LogP contribution in [0.2, 0.25) is 0 Å². The largest absolute Gasteiger partial charge is 0.393 e. The lowest BCUT2D eigenvalue weighted by molar-refractivity contribution is 0.0744. The number of amides is 1. The second-order valence-electron chi connectivity index (χ2n) is 3.99. The summed E-state index contributed by atoms with van der Waals surface area (Å²) in [5, 5.41) is 3.99. The topological polar surface area (TPSA) is 64.2 Å². The van der Waals surface area contributed by atoms with Crippen molar-refractivity contribution in [3.05, 3.63) is 18.0 Å². The number of carbonyl (C=O) groups is 1. The van der Waals surface area contributed by atoms with Gasteiger partial charge in [0.1, 0.15) is 5.69 Å². The van der Waals surface area contributed by atoms with E-state index in [1.54, 1.807) is 28.9 Å². The molecule has 0 saturated heterocycles. The molecule has 0 saturated carbocycles. The van der Waals surface area contributed by atoms with Crippen LogP contribution in [0, 0.1) is 5.92 Å². The van der Waals surface area contributed by atoms with Crippen molar-refractivity contribution in [2.45, 2.75) is 13.8 Å². The Morgan fingerprint density at radius 3 is 2.76 bits per heavy atom. The molecule has 0 bridgehead atoms. The highest BCUT2D eigenvalue weighted by Gasteiger charge is 2.20. The first-order chi connectivity index (χ1) is 7.97. The quantitative estimate of drug-likeness (QED) is 0.790. The van der Waals surface area contributed by atoms with Crippen molar-refractivity contribution in [3.8, 4) is 0 Å². The van der Waals surface area contributed by atoms with Crippen LogP contribution >= 0.6 is 12.2 Å². The van der Waals surface area contributed by atoms with E-state index in [9.17, 15) is 4.79 Å². The predicted molar refractivity (Wildman–Crippen MR) is 70.7 cm³/mol. The minimum absolute atomic E-state index is 0.0159. The molecule has 6 heteroatoms. The normalized spacial score (nSPS) is 12.2. The number of hydrogen-bond donors (Lipinski definition) is 1. The van der Waals surface area contributed by atoms with Gasteiger partial charge in [0.2, 0.25) is 0 Å². The summed E-state index contributed by atoms with van der Waals surface area (Å²) in [6, 6.07) is 1.70. The van der Waals surface area contributed by atoms with Crippen LogP contribution in [-0.2, 0) is 7.05 Å². The molecule has 94 valence electrons. The van der Waals surface area contributed by atoms with E-state index in [0.717, 1.165) is 0 Å². The molecule has 0 fully saturated rings. The summed E-state index contributed by atoms with van der Waals surface area (Å²) in [5.74, 6) is -0.0299. The summed E-state index contributed by atoms with van der Waals surface area (Å²) in [6.07, 6.45) is 1.61. The Balaban J connectivity index is 2.78. The molecule has 1 atom stereocenters. The average Bonchev–Trinajstić information content (AvgIpc) is 2.70. The van der Waals surface area contributed by atoms with Gasteiger partial charge in [-0.1, -0.05) is 19.1 Å². The Bertz CT molecular complexity index is 415. The van der Waals surface area contributed by atoms with E-state index >= 15 is 0 Å². The maximum absolute atomic E-state index is 12.2. The van der Waals surface area contributed by atoms with Crippen LogP contribution < -0.4 is 5.73 Å². The molecule has 1 heterocycles. The van der Waals surface area contributed by atoms with Gasteiger partial charge < -0.3 is 10.6 Å². The third-order valence-electron chi connectivity index (χ3n) is 2.69. The Morgan fingerprint density at radius 1 is 1.71 bits per heavy atom. The van der Waals surface area contributed by atoms with Crippen molar-refractivity contribution in [2.75, 3.05) is 13.1 Å². The van der Waals surface area contributed by atoms with Gasteiger partial charge in [0, 0.05) is 32.3 Å². The summed E-state index contributed by atoms with van der Waals surface area (Å²) < 4.78 is 1.57. The zero-order valence-electron chi connectivity index (χ0n) is 10.4. The van der Waals surface area contributed by atoms with Gasteiger partial charge >= 0.3 is 0 Å². The van der Waals surface area contributed by atoms with Crippen molar-refractivity contribution in [3.63, 3.8) is 0 Å². The van der Waals surface area contributed by atoms with Gasteiger partial charge in [0.05, 0.1) is 4.99 Å². The Kier molecular flexibility index (Phi) is 4.62. The lowest BCUT2D eigenvalue weighted by Gasteiger charge is -2.24. The second-order valence-corrected chi connectivity index (χ2v) is 4.46. The summed E-state index contributed by atoms with van der Waals surface area (Å²) in [7, 11) is 1.75. The third kappa shape index (κ3) is 3.26. The number of nitrogens with zero attached hydrogens (tertiary/aromatic N) is 3. The van der Waals surface area contributed by atoms with Crippen molar-refractivity contribution >= 4 is 23.1 Å². The highest BCUT2D eigenvalue weighted by atomic mass is 32.1. The molecule has 0 aliphatic carbocycles. The Labute approximate surface area is 107 Å². The van der Waals surface area contributed by atoms with Crippen molar-refractivity contribution in [1.82, 2.24) is 14.7 Å². The standard InChI is InChI=1S/C11H18N4OS/c1-4-15(7-8(2)10(12)17)11(16)9-5-6-13-14(9)3/h5-6,8H,4,7H2,1-3H3,(H2,12,17). The number of nitrogens with two attached hydrogens (primary N) is 1. The molecule has 1 amide bonds. The monoisotopic (exact) mass is 254 g/mol. The number of aryl methyl sites for hydroxylation is 1. The fraction of sp³-hybridized carbons (Fsp3) is 0.545. The molecule has 0 aliphatic rings. The van der Waals surface area contributed by atoms with Gasteiger partial charge in [0.15, 0.2) is 0 Å². The number of thiocarbonyl (C=S) groups is 1. The first-order valence-corrected chi connectivity index (χ1v) is 5.94. The van der Waals surface area contributed by atoms with Crippen LogP contribution in [0.3, 0.4) is 0 Å². The molecule has 0 radical (unpaired) electrons. The van der Waals surface area contributed by atoms with E-state index in [1.807, 2.05) is 13.8 Å². The summed E-state index contributed by atoms with van der Waals surface area (Å²) >= 11 is 4.92. The van der Waals surface area contributed by atoms with E-state index < -0.39 is 0 Å². The summed E-state index contributed by atoms with van der Waals surface area (Å²) in [5.41, 5.74) is 6.13. The molecule has 0 spiro atoms. The van der Waals surface area contributed by atoms with E-state index in [4.69, 9.17) is 18.0 Å². The van der Waals surface area contributed by atoms with Gasteiger partial charge in [-0.25, -0.2) is 0 Å². The molecule has 1 aromatic heterocycles. The van der Waals surface area contributed by atoms with Crippen molar-refractivity contribution in [1.29, 1.82) is 0 Å². The van der Waals surface area contributed by atoms with Crippen molar-refractivity contribution < 1.29 is 4.79 Å². The molecule has 2 N–H and O–H groups in total. The van der Waals surface area contributed by atoms with Crippen LogP contribution in [0.15, 0.2) is 12.3 Å². The lowest BCUT2D eigenvalue weighted by Crippen LogP contribution is -2.38. The van der Waals surface area contributed by atoms with Gasteiger partial charge in [0.25, 0.3) is 5.91 Å². The highest BCUT2D eigenvalue weighted by molar-refractivity contribution is 7.80. The maximum atomic E-state index is 12.2. The molecule has 1 unspecified atom stereocenters. The fourth-order valence-electron chi connectivity index (χ4n) is 1.52. The van der Waals surface area contributed by atoms with Crippen LogP contribution in [0.1, 0.15) is 24.3 Å². The minimum Gasteiger partial charge on any atom is -0.393 e. The van der Waals surface area contributed by atoms with Crippen LogP contribution in [0.25, 0.3) is 0 Å². The Morgan fingerprint density at radius 2 is 2.35 bits per heavy atom. The molecule has 0 aliphatic heterocycles. The summed E-state index contributed by atoms with van der Waals surface area (Å²) in [4.78, 5) is 14.4. The average molecular weight is 254 g/mol. The molecule has 5 nitrogen and oxygen atoms in total. The highest BCUT2D eigenvalue weighted by Crippen LogP contribution is 2.07. The molecule has 17 heavy (non-hydrogen) atoms. The minimum atomic E-state index is -0.0457. The molecule has 0 aromatic carbocycles. The third-order valence-corrected chi connectivity index (χ3v) is 3.09. The van der Waals surface area contributed by atoms with E-state index in [2.05, 4.69) is 5.10 Å². The predicted octanol–water partition coefficient (Wildman–Crippen LogP) is 0.804. The first kappa shape index (κ1) is 13.6. The zero-order valence-corrected chi connectivity index (χ0v) is 11.2. The maximum Gasteiger partial charge on any atom is 0.272 e. The second kappa shape index (κ2) is 5.77. The molecule has 1 rings (SSSR count). The van der Waals surface area contributed by atoms with Gasteiger partial charge in [-0.05, 0) is 13.0 Å². The molecule has 1 aromatic rings. The molecular weight excluding hydrogens is 236 g/mol. The van der Waals surface area contributed by atoms with Gasteiger partial charge in [-0.3, -0.25) is 9.48 Å². The van der Waals surface area contributed by atoms with E-state index in [1.165, 1.54) is 0 Å². The number of hydrogen-bond acceptors (Lipinski definition) is 3. The molecular formula is C11H18N4OS. The van der Waals surface area contributed by atoms with Gasteiger partial charge in [-0.15, -0.1) is 0 Å². The van der Waals surface area contributed by atoms with Crippen LogP contribution in [0.4, 0.5) is 0 Å². The smallest absolute Gasteiger partial charge is 0.272 e. The fourth-order valence-corrected chi connectivity index (χ4v) is 1.60. The lowest BCUT2D eigenvalue weighted by atomic mass is 10.1.